The third-order valence-corrected chi connectivity index (χ3v) is 3.19. The third-order valence-electron chi connectivity index (χ3n) is 2.24. The Kier molecular flexibility index (Phi) is 6.04. The monoisotopic (exact) mass is 254 g/mol. The number of nitrogens with one attached hydrogen (secondary N) is 1. The molecular formula is C12H18N2O2S. The Labute approximate surface area is 106 Å². The van der Waals surface area contributed by atoms with Gasteiger partial charge in [-0.05, 0) is 17.9 Å². The molecule has 0 aromatic heterocycles. The van der Waals surface area contributed by atoms with Crippen molar-refractivity contribution in [1.82, 2.24) is 0 Å². The van der Waals surface area contributed by atoms with Crippen molar-refractivity contribution in [3.05, 3.63) is 24.3 Å². The molecule has 0 aliphatic rings. The summed E-state index contributed by atoms with van der Waals surface area (Å²) in [5, 5.41) is 2.83. The van der Waals surface area contributed by atoms with Crippen LogP contribution in [0.4, 0.5) is 5.69 Å². The van der Waals surface area contributed by atoms with Gasteiger partial charge in [0.15, 0.2) is 0 Å². The van der Waals surface area contributed by atoms with Crippen LogP contribution in [-0.2, 0) is 9.53 Å². The van der Waals surface area contributed by atoms with Gasteiger partial charge in [-0.25, -0.2) is 0 Å². The summed E-state index contributed by atoms with van der Waals surface area (Å²) in [6.07, 6.45) is -0.602. The normalized spacial score (nSPS) is 12.2. The summed E-state index contributed by atoms with van der Waals surface area (Å²) < 4.78 is 4.99. The Morgan fingerprint density at radius 3 is 2.82 bits per heavy atom. The lowest BCUT2D eigenvalue weighted by Gasteiger charge is -2.15. The maximum absolute atomic E-state index is 11.8. The van der Waals surface area contributed by atoms with Crippen LogP contribution in [0.5, 0.6) is 0 Å². The molecule has 1 unspecified atom stereocenters. The summed E-state index contributed by atoms with van der Waals surface area (Å²) in [5.74, 6) is 0.747. The van der Waals surface area contributed by atoms with Crippen LogP contribution < -0.4 is 11.1 Å². The first-order valence-corrected chi connectivity index (χ1v) is 6.47. The Balaban J connectivity index is 2.76. The van der Waals surface area contributed by atoms with Crippen LogP contribution in [0.25, 0.3) is 0 Å². The molecule has 0 saturated heterocycles. The average Bonchev–Trinajstić information content (AvgIpc) is 2.33. The molecule has 0 heterocycles. The number of methoxy groups -OCH3 is 1. The first-order chi connectivity index (χ1) is 8.22. The zero-order valence-corrected chi connectivity index (χ0v) is 10.9. The summed E-state index contributed by atoms with van der Waals surface area (Å²) >= 11 is 1.68. The van der Waals surface area contributed by atoms with E-state index in [1.54, 1.807) is 11.8 Å². The highest BCUT2D eigenvalue weighted by atomic mass is 32.2. The minimum absolute atomic E-state index is 0.172. The van der Waals surface area contributed by atoms with Crippen LogP contribution in [0.15, 0.2) is 29.2 Å². The lowest BCUT2D eigenvalue weighted by Crippen LogP contribution is -2.36. The van der Waals surface area contributed by atoms with Gasteiger partial charge in [0.2, 0.25) is 0 Å². The van der Waals surface area contributed by atoms with Crippen LogP contribution in [0, 0.1) is 0 Å². The number of para-hydroxylation sites is 1. The molecule has 4 nitrogen and oxygen atoms in total. The van der Waals surface area contributed by atoms with Crippen molar-refractivity contribution in [1.29, 1.82) is 0 Å². The first-order valence-electron chi connectivity index (χ1n) is 5.48. The van der Waals surface area contributed by atoms with Crippen molar-refractivity contribution < 1.29 is 9.53 Å². The van der Waals surface area contributed by atoms with Crippen LogP contribution in [0.2, 0.25) is 0 Å². The van der Waals surface area contributed by atoms with Crippen molar-refractivity contribution in [2.24, 2.45) is 5.73 Å². The van der Waals surface area contributed by atoms with Gasteiger partial charge in [-0.2, -0.15) is 0 Å². The molecule has 0 radical (unpaired) electrons. The fourth-order valence-electron chi connectivity index (χ4n) is 1.37. The zero-order chi connectivity index (χ0) is 12.7. The minimum atomic E-state index is -0.602. The van der Waals surface area contributed by atoms with E-state index in [-0.39, 0.29) is 12.5 Å². The molecule has 0 bridgehead atoms. The molecule has 94 valence electrons. The van der Waals surface area contributed by atoms with Gasteiger partial charge in [0.25, 0.3) is 5.91 Å². The van der Waals surface area contributed by atoms with Gasteiger partial charge in [-0.3, -0.25) is 4.79 Å². The summed E-state index contributed by atoms with van der Waals surface area (Å²) in [5.41, 5.74) is 6.25. The van der Waals surface area contributed by atoms with Gasteiger partial charge < -0.3 is 15.8 Å². The largest absolute Gasteiger partial charge is 0.370 e. The number of carbonyl (C=O) groups is 1. The quantitative estimate of drug-likeness (QED) is 0.759. The van der Waals surface area contributed by atoms with E-state index < -0.39 is 6.10 Å². The molecule has 0 aliphatic carbocycles. The molecular weight excluding hydrogens is 236 g/mol. The molecule has 0 spiro atoms. The summed E-state index contributed by atoms with van der Waals surface area (Å²) in [4.78, 5) is 12.9. The summed E-state index contributed by atoms with van der Waals surface area (Å²) in [6.45, 7) is 2.24. The molecule has 5 heteroatoms. The number of carbonyl (C=O) groups excluding carboxylic acids is 1. The minimum Gasteiger partial charge on any atom is -0.370 e. The van der Waals surface area contributed by atoms with E-state index in [0.29, 0.717) is 0 Å². The number of hydrogen-bond acceptors (Lipinski definition) is 4. The van der Waals surface area contributed by atoms with Gasteiger partial charge in [0.05, 0.1) is 5.69 Å². The number of rotatable bonds is 6. The standard InChI is InChI=1S/C12H18N2O2S/c1-3-17-11-7-5-4-6-9(11)14-12(15)10(8-13)16-2/h4-7,10H,3,8,13H2,1-2H3,(H,14,15). The highest BCUT2D eigenvalue weighted by Gasteiger charge is 2.16. The second-order valence-corrected chi connectivity index (χ2v) is 4.68. The zero-order valence-electron chi connectivity index (χ0n) is 10.1. The van der Waals surface area contributed by atoms with Gasteiger partial charge in [0.1, 0.15) is 6.10 Å². The van der Waals surface area contributed by atoms with Crippen molar-refractivity contribution in [2.75, 3.05) is 24.7 Å². The predicted molar refractivity (Wildman–Crippen MR) is 71.3 cm³/mol. The van der Waals surface area contributed by atoms with E-state index in [1.165, 1.54) is 7.11 Å². The van der Waals surface area contributed by atoms with Gasteiger partial charge in [0, 0.05) is 18.6 Å². The molecule has 1 rings (SSSR count). The number of thioether (sulfide) groups is 1. The Hall–Kier alpha value is -1.04. The van der Waals surface area contributed by atoms with E-state index in [2.05, 4.69) is 12.2 Å². The lowest BCUT2D eigenvalue weighted by atomic mass is 10.3. The molecule has 0 aliphatic heterocycles. The van der Waals surface area contributed by atoms with E-state index in [0.717, 1.165) is 16.3 Å². The van der Waals surface area contributed by atoms with Gasteiger partial charge >= 0.3 is 0 Å². The number of nitrogens with two attached hydrogens (primary N) is 1. The Morgan fingerprint density at radius 2 is 2.24 bits per heavy atom. The van der Waals surface area contributed by atoms with Crippen molar-refractivity contribution >= 4 is 23.4 Å². The van der Waals surface area contributed by atoms with E-state index in [4.69, 9.17) is 10.5 Å². The number of anilines is 1. The Morgan fingerprint density at radius 1 is 1.53 bits per heavy atom. The van der Waals surface area contributed by atoms with Gasteiger partial charge in [-0.15, -0.1) is 11.8 Å². The molecule has 1 amide bonds. The second-order valence-electron chi connectivity index (χ2n) is 3.38. The number of hydrogen-bond donors (Lipinski definition) is 2. The molecule has 0 fully saturated rings. The molecule has 1 aromatic carbocycles. The predicted octanol–water partition coefficient (Wildman–Crippen LogP) is 1.71. The topological polar surface area (TPSA) is 64.4 Å². The molecule has 3 N–H and O–H groups in total. The number of benzene rings is 1. The summed E-state index contributed by atoms with van der Waals surface area (Å²) in [6, 6.07) is 7.69. The average molecular weight is 254 g/mol. The molecule has 1 aromatic rings. The van der Waals surface area contributed by atoms with Crippen molar-refractivity contribution in [3.8, 4) is 0 Å². The first kappa shape index (κ1) is 14.0. The van der Waals surface area contributed by atoms with E-state index >= 15 is 0 Å². The van der Waals surface area contributed by atoms with Crippen LogP contribution in [0.1, 0.15) is 6.92 Å². The van der Waals surface area contributed by atoms with Crippen LogP contribution >= 0.6 is 11.8 Å². The van der Waals surface area contributed by atoms with Crippen molar-refractivity contribution in [2.45, 2.75) is 17.9 Å². The van der Waals surface area contributed by atoms with Crippen LogP contribution in [-0.4, -0.2) is 31.4 Å². The fraction of sp³-hybridized carbons (Fsp3) is 0.417. The lowest BCUT2D eigenvalue weighted by molar-refractivity contribution is -0.125. The Bertz CT molecular complexity index is 367. The van der Waals surface area contributed by atoms with Crippen LogP contribution in [0.3, 0.4) is 0 Å². The molecule has 0 saturated carbocycles. The second kappa shape index (κ2) is 7.32. The third kappa shape index (κ3) is 4.03. The smallest absolute Gasteiger partial charge is 0.254 e. The SMILES string of the molecule is CCSc1ccccc1NC(=O)C(CN)OC. The highest BCUT2D eigenvalue weighted by Crippen LogP contribution is 2.26. The van der Waals surface area contributed by atoms with E-state index in [1.807, 2.05) is 24.3 Å². The number of amides is 1. The molecule has 1 atom stereocenters. The number of ether oxygens (including phenoxy) is 1. The fourth-order valence-corrected chi connectivity index (χ4v) is 2.14. The van der Waals surface area contributed by atoms with Gasteiger partial charge in [-0.1, -0.05) is 19.1 Å². The maximum atomic E-state index is 11.8. The highest BCUT2D eigenvalue weighted by molar-refractivity contribution is 7.99. The molecule has 17 heavy (non-hydrogen) atoms. The summed E-state index contributed by atoms with van der Waals surface area (Å²) in [7, 11) is 1.48. The van der Waals surface area contributed by atoms with Crippen molar-refractivity contribution in [3.63, 3.8) is 0 Å². The maximum Gasteiger partial charge on any atom is 0.254 e. The van der Waals surface area contributed by atoms with E-state index in [9.17, 15) is 4.79 Å².